The second kappa shape index (κ2) is 7.62. The third-order valence-electron chi connectivity index (χ3n) is 3.88. The van der Waals surface area contributed by atoms with E-state index in [-0.39, 0.29) is 12.5 Å². The number of aryl methyl sites for hydroxylation is 5. The van der Waals surface area contributed by atoms with E-state index in [1.165, 1.54) is 11.3 Å². The fourth-order valence-electron chi connectivity index (χ4n) is 2.73. The van der Waals surface area contributed by atoms with Gasteiger partial charge in [0.1, 0.15) is 4.88 Å². The molecule has 0 atom stereocenters. The second-order valence-electron chi connectivity index (χ2n) is 5.94. The maximum Gasteiger partial charge on any atom is 0.348 e. The van der Waals surface area contributed by atoms with Crippen molar-refractivity contribution < 1.29 is 14.3 Å². The van der Waals surface area contributed by atoms with E-state index >= 15 is 0 Å². The van der Waals surface area contributed by atoms with Gasteiger partial charge in [-0.25, -0.2) is 4.79 Å². The highest BCUT2D eigenvalue weighted by molar-refractivity contribution is 7.14. The van der Waals surface area contributed by atoms with Gasteiger partial charge in [-0.2, -0.15) is 0 Å². The first kappa shape index (κ1) is 18.2. The summed E-state index contributed by atoms with van der Waals surface area (Å²) in [6.07, 6.45) is 0.877. The quantitative estimate of drug-likeness (QED) is 0.820. The van der Waals surface area contributed by atoms with Crippen molar-refractivity contribution in [2.45, 2.75) is 41.0 Å². The van der Waals surface area contributed by atoms with Gasteiger partial charge >= 0.3 is 5.97 Å². The number of carbonyl (C=O) groups is 2. The molecule has 0 saturated heterocycles. The molecule has 2 aromatic rings. The number of rotatable bonds is 5. The Morgan fingerprint density at radius 3 is 2.25 bits per heavy atom. The van der Waals surface area contributed by atoms with Crippen LogP contribution in [0, 0.1) is 27.7 Å². The van der Waals surface area contributed by atoms with Gasteiger partial charge < -0.3 is 10.1 Å². The first-order valence-corrected chi connectivity index (χ1v) is 8.77. The van der Waals surface area contributed by atoms with E-state index in [2.05, 4.69) is 5.32 Å². The topological polar surface area (TPSA) is 55.4 Å². The Morgan fingerprint density at radius 1 is 1.08 bits per heavy atom. The first-order chi connectivity index (χ1) is 11.3. The maximum absolute atomic E-state index is 12.1. The molecule has 1 aromatic carbocycles. The SMILES string of the molecule is CCc1cc(C(=O)OCC(=O)Nc2c(C)cc(C)cc2C)sc1C. The minimum absolute atomic E-state index is 0.288. The molecular formula is C19H23NO3S. The number of nitrogens with one attached hydrogen (secondary N) is 1. The van der Waals surface area contributed by atoms with Crippen molar-refractivity contribution in [2.24, 2.45) is 0 Å². The molecule has 0 unspecified atom stereocenters. The lowest BCUT2D eigenvalue weighted by atomic mass is 10.1. The molecule has 1 heterocycles. The van der Waals surface area contributed by atoms with Crippen molar-refractivity contribution in [2.75, 3.05) is 11.9 Å². The predicted molar refractivity (Wildman–Crippen MR) is 98.0 cm³/mol. The molecule has 1 aromatic heterocycles. The Labute approximate surface area is 146 Å². The number of carbonyl (C=O) groups excluding carboxylic acids is 2. The summed E-state index contributed by atoms with van der Waals surface area (Å²) in [5, 5.41) is 2.83. The largest absolute Gasteiger partial charge is 0.451 e. The number of anilines is 1. The van der Waals surface area contributed by atoms with Crippen LogP contribution in [-0.2, 0) is 16.0 Å². The smallest absolute Gasteiger partial charge is 0.348 e. The van der Waals surface area contributed by atoms with Crippen molar-refractivity contribution in [1.82, 2.24) is 0 Å². The van der Waals surface area contributed by atoms with E-state index in [1.54, 1.807) is 0 Å². The summed E-state index contributed by atoms with van der Waals surface area (Å²) in [6, 6.07) is 5.86. The average Bonchev–Trinajstić information content (AvgIpc) is 2.89. The van der Waals surface area contributed by atoms with Gasteiger partial charge in [0, 0.05) is 10.6 Å². The number of hydrogen-bond acceptors (Lipinski definition) is 4. The van der Waals surface area contributed by atoms with E-state index in [4.69, 9.17) is 4.74 Å². The summed E-state index contributed by atoms with van der Waals surface area (Å²) < 4.78 is 5.14. The highest BCUT2D eigenvalue weighted by Crippen LogP contribution is 2.23. The molecule has 24 heavy (non-hydrogen) atoms. The zero-order chi connectivity index (χ0) is 17.9. The average molecular weight is 345 g/mol. The van der Waals surface area contributed by atoms with Crippen LogP contribution in [0.4, 0.5) is 5.69 Å². The van der Waals surface area contributed by atoms with Crippen molar-refractivity contribution >= 4 is 28.9 Å². The normalized spacial score (nSPS) is 10.5. The van der Waals surface area contributed by atoms with Gasteiger partial charge in [-0.3, -0.25) is 4.79 Å². The zero-order valence-electron chi connectivity index (χ0n) is 14.8. The van der Waals surface area contributed by atoms with Crippen LogP contribution in [-0.4, -0.2) is 18.5 Å². The van der Waals surface area contributed by atoms with Crippen LogP contribution in [0.1, 0.15) is 43.7 Å². The van der Waals surface area contributed by atoms with Gasteiger partial charge in [-0.1, -0.05) is 24.6 Å². The molecule has 0 spiro atoms. The van der Waals surface area contributed by atoms with Crippen molar-refractivity contribution in [3.05, 3.63) is 50.2 Å². The Bertz CT molecular complexity index is 754. The molecule has 5 heteroatoms. The Kier molecular flexibility index (Phi) is 5.78. The number of esters is 1. The lowest BCUT2D eigenvalue weighted by Crippen LogP contribution is -2.21. The van der Waals surface area contributed by atoms with Gasteiger partial charge in [0.05, 0.1) is 0 Å². The third kappa shape index (κ3) is 4.23. The van der Waals surface area contributed by atoms with Crippen molar-refractivity contribution in [1.29, 1.82) is 0 Å². The maximum atomic E-state index is 12.1. The molecule has 0 fully saturated rings. The van der Waals surface area contributed by atoms with Crippen LogP contribution >= 0.6 is 11.3 Å². The minimum Gasteiger partial charge on any atom is -0.451 e. The lowest BCUT2D eigenvalue weighted by Gasteiger charge is -2.12. The van der Waals surface area contributed by atoms with E-state index in [9.17, 15) is 9.59 Å². The Balaban J connectivity index is 1.97. The van der Waals surface area contributed by atoms with Crippen molar-refractivity contribution in [3.63, 3.8) is 0 Å². The number of hydrogen-bond donors (Lipinski definition) is 1. The molecule has 4 nitrogen and oxygen atoms in total. The molecule has 0 aliphatic heterocycles. The number of ether oxygens (including phenoxy) is 1. The number of thiophene rings is 1. The lowest BCUT2D eigenvalue weighted by molar-refractivity contribution is -0.119. The number of benzene rings is 1. The summed E-state index contributed by atoms with van der Waals surface area (Å²) in [6.45, 7) is 9.65. The molecule has 0 aliphatic rings. The first-order valence-electron chi connectivity index (χ1n) is 7.96. The molecule has 128 valence electrons. The Hall–Kier alpha value is -2.14. The molecule has 0 saturated carbocycles. The van der Waals surface area contributed by atoms with Crippen molar-refractivity contribution in [3.8, 4) is 0 Å². The predicted octanol–water partition coefficient (Wildman–Crippen LogP) is 4.34. The molecule has 1 amide bonds. The highest BCUT2D eigenvalue weighted by atomic mass is 32.1. The molecule has 0 aliphatic carbocycles. The monoisotopic (exact) mass is 345 g/mol. The van der Waals surface area contributed by atoms with E-state index in [0.29, 0.717) is 4.88 Å². The van der Waals surface area contributed by atoms with Gasteiger partial charge in [-0.15, -0.1) is 11.3 Å². The summed E-state index contributed by atoms with van der Waals surface area (Å²) in [5.41, 5.74) is 5.06. The summed E-state index contributed by atoms with van der Waals surface area (Å²) in [5.74, 6) is -0.780. The van der Waals surface area contributed by atoms with Gasteiger partial charge in [-0.05, 0) is 56.9 Å². The Morgan fingerprint density at radius 2 is 1.71 bits per heavy atom. The van der Waals surface area contributed by atoms with Gasteiger partial charge in [0.15, 0.2) is 6.61 Å². The summed E-state index contributed by atoms with van der Waals surface area (Å²) >= 11 is 1.40. The molecule has 1 N–H and O–H groups in total. The van der Waals surface area contributed by atoms with E-state index in [1.807, 2.05) is 52.8 Å². The van der Waals surface area contributed by atoms with Gasteiger partial charge in [0.25, 0.3) is 5.91 Å². The summed E-state index contributed by atoms with van der Waals surface area (Å²) in [4.78, 5) is 25.8. The van der Waals surface area contributed by atoms with Crippen LogP contribution in [0.25, 0.3) is 0 Å². The fraction of sp³-hybridized carbons (Fsp3) is 0.368. The molecule has 2 rings (SSSR count). The van der Waals surface area contributed by atoms with Crippen LogP contribution in [0.2, 0.25) is 0 Å². The number of amides is 1. The van der Waals surface area contributed by atoms with Gasteiger partial charge in [0.2, 0.25) is 0 Å². The van der Waals surface area contributed by atoms with Crippen LogP contribution in [0.3, 0.4) is 0 Å². The summed E-state index contributed by atoms with van der Waals surface area (Å²) in [7, 11) is 0. The van der Waals surface area contributed by atoms with Crippen LogP contribution in [0.5, 0.6) is 0 Å². The highest BCUT2D eigenvalue weighted by Gasteiger charge is 2.15. The molecule has 0 radical (unpaired) electrons. The fourth-order valence-corrected chi connectivity index (χ4v) is 3.73. The van der Waals surface area contributed by atoms with Crippen LogP contribution in [0.15, 0.2) is 18.2 Å². The minimum atomic E-state index is -0.449. The van der Waals surface area contributed by atoms with E-state index < -0.39 is 5.97 Å². The second-order valence-corrected chi connectivity index (χ2v) is 7.20. The zero-order valence-corrected chi connectivity index (χ0v) is 15.6. The van der Waals surface area contributed by atoms with E-state index in [0.717, 1.165) is 39.2 Å². The molecular weight excluding hydrogens is 322 g/mol. The standard InChI is InChI=1S/C19H23NO3S/c1-6-15-9-16(24-14(15)5)19(22)23-10-17(21)20-18-12(3)7-11(2)8-13(18)4/h7-9H,6,10H2,1-5H3,(H,20,21). The third-order valence-corrected chi connectivity index (χ3v) is 4.95. The molecule has 0 bridgehead atoms. The van der Waals surface area contributed by atoms with Crippen LogP contribution < -0.4 is 5.32 Å².